The predicted octanol–water partition coefficient (Wildman–Crippen LogP) is 5.19. The van der Waals surface area contributed by atoms with Crippen molar-refractivity contribution in [3.05, 3.63) is 64.1 Å². The zero-order valence-corrected chi connectivity index (χ0v) is 12.9. The van der Waals surface area contributed by atoms with Crippen molar-refractivity contribution in [2.45, 2.75) is 26.2 Å². The quantitative estimate of drug-likeness (QED) is 0.723. The van der Waals surface area contributed by atoms with Crippen LogP contribution in [-0.4, -0.2) is 6.54 Å². The van der Waals surface area contributed by atoms with Gasteiger partial charge in [0, 0.05) is 16.7 Å². The molecular weight excluding hydrogens is 298 g/mol. The van der Waals surface area contributed by atoms with Gasteiger partial charge in [0.1, 0.15) is 0 Å². The van der Waals surface area contributed by atoms with Gasteiger partial charge in [-0.2, -0.15) is 0 Å². The van der Waals surface area contributed by atoms with Crippen LogP contribution in [0.4, 0.5) is 5.69 Å². The van der Waals surface area contributed by atoms with Gasteiger partial charge in [-0.15, -0.1) is 0 Å². The maximum atomic E-state index is 3.52. The molecule has 0 amide bonds. The van der Waals surface area contributed by atoms with Crippen LogP contribution in [0.15, 0.2) is 53.0 Å². The van der Waals surface area contributed by atoms with Gasteiger partial charge in [-0.25, -0.2) is 0 Å². The van der Waals surface area contributed by atoms with Crippen LogP contribution in [0, 0.1) is 6.92 Å². The minimum Gasteiger partial charge on any atom is -0.385 e. The zero-order chi connectivity index (χ0) is 13.5. The standard InChI is InChI=1S/C17H20BrN/c1-14-13-16(10-11-17(14)18)19-12-6-5-9-15-7-3-2-4-8-15/h2-4,7-8,10-11,13,19H,5-6,9,12H2,1H3. The van der Waals surface area contributed by atoms with Gasteiger partial charge >= 0.3 is 0 Å². The van der Waals surface area contributed by atoms with E-state index in [2.05, 4.69) is 76.7 Å². The summed E-state index contributed by atoms with van der Waals surface area (Å²) >= 11 is 3.52. The van der Waals surface area contributed by atoms with Crippen LogP contribution in [0.25, 0.3) is 0 Å². The maximum absolute atomic E-state index is 3.52. The molecule has 19 heavy (non-hydrogen) atoms. The van der Waals surface area contributed by atoms with E-state index in [1.165, 1.54) is 40.5 Å². The number of aryl methyl sites for hydroxylation is 2. The van der Waals surface area contributed by atoms with Crippen LogP contribution >= 0.6 is 15.9 Å². The summed E-state index contributed by atoms with van der Waals surface area (Å²) in [6, 6.07) is 17.1. The van der Waals surface area contributed by atoms with Crippen molar-refractivity contribution in [3.63, 3.8) is 0 Å². The Kier molecular flexibility index (Phi) is 5.46. The molecule has 0 saturated heterocycles. The number of nitrogens with one attached hydrogen (secondary N) is 1. The summed E-state index contributed by atoms with van der Waals surface area (Å²) < 4.78 is 1.17. The number of unbranched alkanes of at least 4 members (excludes halogenated alkanes) is 1. The average Bonchev–Trinajstić information content (AvgIpc) is 2.43. The molecule has 0 bridgehead atoms. The van der Waals surface area contributed by atoms with Crippen molar-refractivity contribution in [1.29, 1.82) is 0 Å². The molecule has 0 radical (unpaired) electrons. The van der Waals surface area contributed by atoms with E-state index in [9.17, 15) is 0 Å². The van der Waals surface area contributed by atoms with E-state index >= 15 is 0 Å². The highest BCUT2D eigenvalue weighted by Gasteiger charge is 1.97. The Balaban J connectivity index is 1.68. The molecule has 0 aliphatic rings. The van der Waals surface area contributed by atoms with E-state index in [4.69, 9.17) is 0 Å². The van der Waals surface area contributed by atoms with Gasteiger partial charge < -0.3 is 5.32 Å². The monoisotopic (exact) mass is 317 g/mol. The lowest BCUT2D eigenvalue weighted by molar-refractivity contribution is 0.763. The third kappa shape index (κ3) is 4.71. The minimum absolute atomic E-state index is 1.04. The summed E-state index contributed by atoms with van der Waals surface area (Å²) in [6.45, 7) is 3.15. The second kappa shape index (κ2) is 7.34. The second-order valence-electron chi connectivity index (χ2n) is 4.83. The lowest BCUT2D eigenvalue weighted by atomic mass is 10.1. The summed E-state index contributed by atoms with van der Waals surface area (Å²) in [7, 11) is 0. The molecule has 2 aromatic rings. The highest BCUT2D eigenvalue weighted by Crippen LogP contribution is 2.20. The van der Waals surface area contributed by atoms with E-state index in [0.717, 1.165) is 6.54 Å². The third-order valence-corrected chi connectivity index (χ3v) is 4.11. The minimum atomic E-state index is 1.04. The Morgan fingerprint density at radius 2 is 1.79 bits per heavy atom. The van der Waals surface area contributed by atoms with Crippen molar-refractivity contribution in [2.24, 2.45) is 0 Å². The SMILES string of the molecule is Cc1cc(NCCCCc2ccccc2)ccc1Br. The van der Waals surface area contributed by atoms with Gasteiger partial charge in [-0.05, 0) is 55.5 Å². The number of benzene rings is 2. The van der Waals surface area contributed by atoms with Gasteiger partial charge in [0.05, 0.1) is 0 Å². The first-order valence-corrected chi connectivity index (χ1v) is 7.59. The van der Waals surface area contributed by atoms with Crippen LogP contribution in [0.3, 0.4) is 0 Å². The van der Waals surface area contributed by atoms with Crippen LogP contribution in [0.1, 0.15) is 24.0 Å². The molecule has 0 fully saturated rings. The Bertz CT molecular complexity index is 508. The van der Waals surface area contributed by atoms with Crippen molar-refractivity contribution < 1.29 is 0 Å². The highest BCUT2D eigenvalue weighted by molar-refractivity contribution is 9.10. The third-order valence-electron chi connectivity index (χ3n) is 3.22. The van der Waals surface area contributed by atoms with Gasteiger partial charge in [0.25, 0.3) is 0 Å². The van der Waals surface area contributed by atoms with Gasteiger partial charge in [-0.3, -0.25) is 0 Å². The van der Waals surface area contributed by atoms with Crippen LogP contribution < -0.4 is 5.32 Å². The molecule has 2 aromatic carbocycles. The lowest BCUT2D eigenvalue weighted by Crippen LogP contribution is -2.02. The Morgan fingerprint density at radius 1 is 1.00 bits per heavy atom. The van der Waals surface area contributed by atoms with Crippen LogP contribution in [0.5, 0.6) is 0 Å². The zero-order valence-electron chi connectivity index (χ0n) is 11.3. The molecule has 0 aliphatic carbocycles. The number of rotatable bonds is 6. The molecule has 1 nitrogen and oxygen atoms in total. The molecular formula is C17H20BrN. The Labute approximate surface area is 124 Å². The molecule has 0 spiro atoms. The predicted molar refractivity (Wildman–Crippen MR) is 86.7 cm³/mol. The highest BCUT2D eigenvalue weighted by atomic mass is 79.9. The molecule has 1 N–H and O–H groups in total. The van der Waals surface area contributed by atoms with E-state index in [1.807, 2.05) is 0 Å². The smallest absolute Gasteiger partial charge is 0.0343 e. The van der Waals surface area contributed by atoms with E-state index < -0.39 is 0 Å². The normalized spacial score (nSPS) is 10.4. The number of halogens is 1. The molecule has 100 valence electrons. The molecule has 0 saturated carbocycles. The fraction of sp³-hybridized carbons (Fsp3) is 0.294. The van der Waals surface area contributed by atoms with E-state index in [1.54, 1.807) is 0 Å². The largest absolute Gasteiger partial charge is 0.385 e. The first-order valence-electron chi connectivity index (χ1n) is 6.79. The van der Waals surface area contributed by atoms with Gasteiger partial charge in [0.2, 0.25) is 0 Å². The Morgan fingerprint density at radius 3 is 2.53 bits per heavy atom. The number of anilines is 1. The summed E-state index contributed by atoms with van der Waals surface area (Å²) in [5, 5.41) is 3.48. The molecule has 0 atom stereocenters. The fourth-order valence-corrected chi connectivity index (χ4v) is 2.33. The first kappa shape index (κ1) is 14.1. The Hall–Kier alpha value is -1.28. The van der Waals surface area contributed by atoms with Crippen molar-refractivity contribution in [3.8, 4) is 0 Å². The van der Waals surface area contributed by atoms with Gasteiger partial charge in [0.15, 0.2) is 0 Å². The molecule has 0 unspecified atom stereocenters. The first-order chi connectivity index (χ1) is 9.25. The van der Waals surface area contributed by atoms with Crippen molar-refractivity contribution >= 4 is 21.6 Å². The summed E-state index contributed by atoms with van der Waals surface area (Å²) in [5.41, 5.74) is 3.91. The molecule has 0 aliphatic heterocycles. The number of hydrogen-bond acceptors (Lipinski definition) is 1. The molecule has 0 heterocycles. The van der Waals surface area contributed by atoms with Crippen molar-refractivity contribution in [2.75, 3.05) is 11.9 Å². The molecule has 2 heteroatoms. The summed E-state index contributed by atoms with van der Waals surface area (Å²) in [4.78, 5) is 0. The average molecular weight is 318 g/mol. The number of hydrogen-bond donors (Lipinski definition) is 1. The van der Waals surface area contributed by atoms with Crippen molar-refractivity contribution in [1.82, 2.24) is 0 Å². The second-order valence-corrected chi connectivity index (χ2v) is 5.69. The maximum Gasteiger partial charge on any atom is 0.0343 e. The van der Waals surface area contributed by atoms with E-state index in [-0.39, 0.29) is 0 Å². The summed E-state index contributed by atoms with van der Waals surface area (Å²) in [6.07, 6.45) is 3.60. The van der Waals surface area contributed by atoms with Crippen LogP contribution in [-0.2, 0) is 6.42 Å². The van der Waals surface area contributed by atoms with Gasteiger partial charge in [-0.1, -0.05) is 46.3 Å². The summed E-state index contributed by atoms with van der Waals surface area (Å²) in [5.74, 6) is 0. The van der Waals surface area contributed by atoms with E-state index in [0.29, 0.717) is 0 Å². The fourth-order valence-electron chi connectivity index (χ4n) is 2.09. The topological polar surface area (TPSA) is 12.0 Å². The van der Waals surface area contributed by atoms with Crippen LogP contribution in [0.2, 0.25) is 0 Å². The molecule has 0 aromatic heterocycles. The lowest BCUT2D eigenvalue weighted by Gasteiger charge is -2.08. The molecule has 2 rings (SSSR count).